The number of rotatable bonds is 6. The highest BCUT2D eigenvalue weighted by Gasteiger charge is 2.25. The molecule has 1 rings (SSSR count). The Labute approximate surface area is 133 Å². The molecule has 0 aliphatic carbocycles. The number of hydrogen-bond donors (Lipinski definition) is 3. The maximum Gasteiger partial charge on any atom is 0.335 e. The van der Waals surface area contributed by atoms with Gasteiger partial charge in [0.15, 0.2) is 0 Å². The highest BCUT2D eigenvalue weighted by molar-refractivity contribution is 9.10. The standard InChI is InChI=1S/C15H21BrN2O3/c1-4-15(5-2,6-3)18-14(21)17-12-8-7-10(13(19)20)9-11(12)16/h7-9H,4-6H2,1-3H3,(H,19,20)(H2,17,18,21). The molecule has 2 amide bonds. The smallest absolute Gasteiger partial charge is 0.335 e. The third kappa shape index (κ3) is 4.46. The predicted molar refractivity (Wildman–Crippen MR) is 86.9 cm³/mol. The van der Waals surface area contributed by atoms with E-state index in [0.717, 1.165) is 19.3 Å². The summed E-state index contributed by atoms with van der Waals surface area (Å²) in [5, 5.41) is 14.7. The second-order valence-electron chi connectivity index (χ2n) is 4.92. The molecule has 0 heterocycles. The van der Waals surface area contributed by atoms with Crippen LogP contribution in [0.2, 0.25) is 0 Å². The summed E-state index contributed by atoms with van der Waals surface area (Å²) in [7, 11) is 0. The Balaban J connectivity index is 2.82. The Bertz CT molecular complexity index is 519. The minimum Gasteiger partial charge on any atom is -0.478 e. The number of urea groups is 1. The van der Waals surface area contributed by atoms with Crippen LogP contribution in [0, 0.1) is 0 Å². The van der Waals surface area contributed by atoms with E-state index in [1.54, 1.807) is 6.07 Å². The summed E-state index contributed by atoms with van der Waals surface area (Å²) in [5.41, 5.74) is 0.491. The summed E-state index contributed by atoms with van der Waals surface area (Å²) in [4.78, 5) is 23.0. The lowest BCUT2D eigenvalue weighted by molar-refractivity contribution is 0.0697. The van der Waals surface area contributed by atoms with Crippen LogP contribution in [0.15, 0.2) is 22.7 Å². The first-order chi connectivity index (χ1) is 9.87. The second kappa shape index (κ2) is 7.45. The number of halogens is 1. The lowest BCUT2D eigenvalue weighted by Gasteiger charge is -2.31. The molecule has 21 heavy (non-hydrogen) atoms. The fourth-order valence-electron chi connectivity index (χ4n) is 2.16. The topological polar surface area (TPSA) is 78.4 Å². The zero-order valence-corrected chi connectivity index (χ0v) is 14.1. The third-order valence-electron chi connectivity index (χ3n) is 3.87. The van der Waals surface area contributed by atoms with E-state index < -0.39 is 5.97 Å². The average Bonchev–Trinajstić information content (AvgIpc) is 2.47. The summed E-state index contributed by atoms with van der Waals surface area (Å²) in [6.07, 6.45) is 2.56. The average molecular weight is 357 g/mol. The number of carboxylic acids is 1. The Morgan fingerprint density at radius 3 is 2.19 bits per heavy atom. The van der Waals surface area contributed by atoms with Gasteiger partial charge in [-0.25, -0.2) is 9.59 Å². The van der Waals surface area contributed by atoms with Gasteiger partial charge in [-0.05, 0) is 53.4 Å². The predicted octanol–water partition coefficient (Wildman–Crippen LogP) is 4.24. The first-order valence-electron chi connectivity index (χ1n) is 6.99. The van der Waals surface area contributed by atoms with Gasteiger partial charge in [-0.15, -0.1) is 0 Å². The molecule has 0 saturated heterocycles. The van der Waals surface area contributed by atoms with E-state index in [4.69, 9.17) is 5.11 Å². The van der Waals surface area contributed by atoms with Crippen LogP contribution < -0.4 is 10.6 Å². The van der Waals surface area contributed by atoms with Crippen LogP contribution in [0.4, 0.5) is 10.5 Å². The van der Waals surface area contributed by atoms with E-state index in [-0.39, 0.29) is 17.1 Å². The molecule has 5 nitrogen and oxygen atoms in total. The third-order valence-corrected chi connectivity index (χ3v) is 4.53. The number of hydrogen-bond acceptors (Lipinski definition) is 2. The van der Waals surface area contributed by atoms with E-state index in [2.05, 4.69) is 26.6 Å². The van der Waals surface area contributed by atoms with Crippen LogP contribution >= 0.6 is 15.9 Å². The van der Waals surface area contributed by atoms with Crippen molar-refractivity contribution in [2.75, 3.05) is 5.32 Å². The zero-order chi connectivity index (χ0) is 16.0. The number of nitrogens with one attached hydrogen (secondary N) is 2. The minimum atomic E-state index is -1.01. The van der Waals surface area contributed by atoms with Crippen LogP contribution in [-0.4, -0.2) is 22.6 Å². The van der Waals surface area contributed by atoms with Gasteiger partial charge >= 0.3 is 12.0 Å². The van der Waals surface area contributed by atoms with Crippen molar-refractivity contribution in [1.29, 1.82) is 0 Å². The summed E-state index contributed by atoms with van der Waals surface area (Å²) < 4.78 is 0.535. The van der Waals surface area contributed by atoms with Gasteiger partial charge in [0.1, 0.15) is 0 Å². The minimum absolute atomic E-state index is 0.165. The van der Waals surface area contributed by atoms with Crippen molar-refractivity contribution < 1.29 is 14.7 Å². The van der Waals surface area contributed by atoms with Gasteiger partial charge in [0.25, 0.3) is 0 Å². The maximum absolute atomic E-state index is 12.1. The second-order valence-corrected chi connectivity index (χ2v) is 5.77. The van der Waals surface area contributed by atoms with Gasteiger partial charge < -0.3 is 15.7 Å². The molecule has 3 N–H and O–H groups in total. The largest absolute Gasteiger partial charge is 0.478 e. The quantitative estimate of drug-likeness (QED) is 0.713. The van der Waals surface area contributed by atoms with Gasteiger partial charge in [0, 0.05) is 10.0 Å². The monoisotopic (exact) mass is 356 g/mol. The van der Waals surface area contributed by atoms with Crippen LogP contribution in [0.25, 0.3) is 0 Å². The Morgan fingerprint density at radius 2 is 1.76 bits per heavy atom. The molecule has 0 saturated carbocycles. The van der Waals surface area contributed by atoms with Crippen LogP contribution in [0.5, 0.6) is 0 Å². The lowest BCUT2D eigenvalue weighted by atomic mass is 9.90. The van der Waals surface area contributed by atoms with Crippen molar-refractivity contribution in [1.82, 2.24) is 5.32 Å². The number of anilines is 1. The van der Waals surface area contributed by atoms with Crippen molar-refractivity contribution >= 4 is 33.6 Å². The van der Waals surface area contributed by atoms with E-state index in [9.17, 15) is 9.59 Å². The van der Waals surface area contributed by atoms with Crippen LogP contribution in [0.3, 0.4) is 0 Å². The molecular formula is C15H21BrN2O3. The zero-order valence-electron chi connectivity index (χ0n) is 12.5. The van der Waals surface area contributed by atoms with Gasteiger partial charge in [0.2, 0.25) is 0 Å². The fourth-order valence-corrected chi connectivity index (χ4v) is 2.64. The van der Waals surface area contributed by atoms with E-state index in [0.29, 0.717) is 10.2 Å². The molecule has 1 aromatic rings. The van der Waals surface area contributed by atoms with Gasteiger partial charge in [-0.2, -0.15) is 0 Å². The van der Waals surface area contributed by atoms with E-state index >= 15 is 0 Å². The van der Waals surface area contributed by atoms with Gasteiger partial charge in [-0.1, -0.05) is 20.8 Å². The molecule has 6 heteroatoms. The Morgan fingerprint density at radius 1 is 1.19 bits per heavy atom. The highest BCUT2D eigenvalue weighted by atomic mass is 79.9. The number of carbonyl (C=O) groups excluding carboxylic acids is 1. The molecule has 0 spiro atoms. The number of aromatic carboxylic acids is 1. The summed E-state index contributed by atoms with van der Waals surface area (Å²) in [5.74, 6) is -1.01. The normalized spacial score (nSPS) is 11.0. The van der Waals surface area contributed by atoms with E-state index in [1.165, 1.54) is 12.1 Å². The molecule has 0 aliphatic heterocycles. The SMILES string of the molecule is CCC(CC)(CC)NC(=O)Nc1ccc(C(=O)O)cc1Br. The Hall–Kier alpha value is -1.56. The maximum atomic E-state index is 12.1. The Kier molecular flexibility index (Phi) is 6.20. The van der Waals surface area contributed by atoms with Crippen molar-refractivity contribution in [3.63, 3.8) is 0 Å². The summed E-state index contributed by atoms with van der Waals surface area (Å²) in [6, 6.07) is 4.20. The van der Waals surface area contributed by atoms with Crippen LogP contribution in [-0.2, 0) is 0 Å². The highest BCUT2D eigenvalue weighted by Crippen LogP contribution is 2.24. The van der Waals surface area contributed by atoms with Gasteiger partial charge in [-0.3, -0.25) is 0 Å². The molecule has 0 unspecified atom stereocenters. The molecule has 0 bridgehead atoms. The molecule has 0 atom stereocenters. The molecule has 0 radical (unpaired) electrons. The van der Waals surface area contributed by atoms with Crippen molar-refractivity contribution in [3.05, 3.63) is 28.2 Å². The molecule has 0 aromatic heterocycles. The molecular weight excluding hydrogens is 336 g/mol. The first-order valence-corrected chi connectivity index (χ1v) is 7.78. The summed E-state index contributed by atoms with van der Waals surface area (Å²) >= 11 is 3.27. The van der Waals surface area contributed by atoms with Crippen molar-refractivity contribution in [2.24, 2.45) is 0 Å². The van der Waals surface area contributed by atoms with E-state index in [1.807, 2.05) is 20.8 Å². The van der Waals surface area contributed by atoms with Crippen LogP contribution in [0.1, 0.15) is 50.4 Å². The van der Waals surface area contributed by atoms with Gasteiger partial charge in [0.05, 0.1) is 11.3 Å². The molecule has 0 fully saturated rings. The van der Waals surface area contributed by atoms with Crippen molar-refractivity contribution in [2.45, 2.75) is 45.6 Å². The number of carboxylic acid groups (broad SMARTS) is 1. The summed E-state index contributed by atoms with van der Waals surface area (Å²) in [6.45, 7) is 6.14. The molecule has 1 aromatic carbocycles. The number of amides is 2. The van der Waals surface area contributed by atoms with Crippen molar-refractivity contribution in [3.8, 4) is 0 Å². The number of carbonyl (C=O) groups is 2. The molecule has 116 valence electrons. The number of benzene rings is 1. The molecule has 0 aliphatic rings. The first kappa shape index (κ1) is 17.5. The lowest BCUT2D eigenvalue weighted by Crippen LogP contribution is -2.48. The fraction of sp³-hybridized carbons (Fsp3) is 0.467.